The molecule has 0 fully saturated rings. The van der Waals surface area contributed by atoms with Crippen LogP contribution in [0.2, 0.25) is 0 Å². The van der Waals surface area contributed by atoms with Crippen LogP contribution in [0.3, 0.4) is 0 Å². The summed E-state index contributed by atoms with van der Waals surface area (Å²) in [6.07, 6.45) is 29.2. The van der Waals surface area contributed by atoms with Crippen LogP contribution >= 0.6 is 0 Å². The molecular formula is C38H66N3O4+. The lowest BCUT2D eigenvalue weighted by atomic mass is 9.88. The van der Waals surface area contributed by atoms with Crippen LogP contribution in [-0.4, -0.2) is 55.7 Å². The Morgan fingerprint density at radius 3 is 1.64 bits per heavy atom. The Labute approximate surface area is 275 Å². The average molecular weight is 629 g/mol. The van der Waals surface area contributed by atoms with Crippen LogP contribution in [0.1, 0.15) is 136 Å². The number of pyridine rings is 1. The van der Waals surface area contributed by atoms with E-state index in [4.69, 9.17) is 18.9 Å². The second kappa shape index (κ2) is 26.0. The molecule has 0 saturated heterocycles. The summed E-state index contributed by atoms with van der Waals surface area (Å²) in [6.45, 7) is 13.1. The van der Waals surface area contributed by atoms with Gasteiger partial charge in [-0.1, -0.05) is 124 Å². The molecule has 2 heterocycles. The molecule has 0 amide bonds. The SMILES string of the molecule is CCCCCCCCCCCCCCCCCCOCC(COCCOCC[n+]1ccc(C(C)(C)C)cc1)Oc1ncccn1. The highest BCUT2D eigenvalue weighted by molar-refractivity contribution is 5.17. The molecule has 1 unspecified atom stereocenters. The molecule has 0 N–H and O–H groups in total. The summed E-state index contributed by atoms with van der Waals surface area (Å²) in [4.78, 5) is 8.39. The molecule has 0 saturated carbocycles. The predicted molar refractivity (Wildman–Crippen MR) is 184 cm³/mol. The van der Waals surface area contributed by atoms with E-state index in [-0.39, 0.29) is 11.5 Å². The Kier molecular flexibility index (Phi) is 22.6. The molecule has 45 heavy (non-hydrogen) atoms. The van der Waals surface area contributed by atoms with Crippen LogP contribution in [0.4, 0.5) is 0 Å². The highest BCUT2D eigenvalue weighted by Gasteiger charge is 2.15. The van der Waals surface area contributed by atoms with Gasteiger partial charge in [-0.15, -0.1) is 0 Å². The first-order valence-corrected chi connectivity index (χ1v) is 18.2. The van der Waals surface area contributed by atoms with Crippen molar-refractivity contribution in [3.8, 4) is 6.01 Å². The summed E-state index contributed by atoms with van der Waals surface area (Å²) in [5, 5.41) is 0. The van der Waals surface area contributed by atoms with Gasteiger partial charge in [0.15, 0.2) is 18.9 Å². The van der Waals surface area contributed by atoms with Crippen LogP contribution in [0, 0.1) is 0 Å². The summed E-state index contributed by atoms with van der Waals surface area (Å²) >= 11 is 0. The van der Waals surface area contributed by atoms with Gasteiger partial charge < -0.3 is 18.9 Å². The van der Waals surface area contributed by atoms with Crippen molar-refractivity contribution in [2.75, 3.05) is 39.6 Å². The molecule has 0 bridgehead atoms. The molecule has 7 heteroatoms. The molecule has 0 aliphatic rings. The van der Waals surface area contributed by atoms with Gasteiger partial charge in [0.2, 0.25) is 0 Å². The first-order chi connectivity index (χ1) is 22.0. The summed E-state index contributed by atoms with van der Waals surface area (Å²) in [7, 11) is 0. The molecule has 0 aliphatic carbocycles. The minimum absolute atomic E-state index is 0.164. The number of rotatable bonds is 29. The van der Waals surface area contributed by atoms with Gasteiger partial charge in [-0.25, -0.2) is 14.5 Å². The van der Waals surface area contributed by atoms with Crippen molar-refractivity contribution in [3.05, 3.63) is 48.5 Å². The molecular weight excluding hydrogens is 562 g/mol. The summed E-state index contributed by atoms with van der Waals surface area (Å²) in [5.74, 6) is 0. The average Bonchev–Trinajstić information content (AvgIpc) is 3.04. The van der Waals surface area contributed by atoms with Gasteiger partial charge in [0.25, 0.3) is 0 Å². The van der Waals surface area contributed by atoms with Crippen LogP contribution in [-0.2, 0) is 26.2 Å². The number of hydrogen-bond acceptors (Lipinski definition) is 6. The zero-order valence-electron chi connectivity index (χ0n) is 29.4. The van der Waals surface area contributed by atoms with E-state index >= 15 is 0 Å². The first-order valence-electron chi connectivity index (χ1n) is 18.2. The Bertz CT molecular complexity index is 921. The van der Waals surface area contributed by atoms with Crippen LogP contribution in [0.15, 0.2) is 43.0 Å². The van der Waals surface area contributed by atoms with E-state index < -0.39 is 0 Å². The Morgan fingerprint density at radius 1 is 0.622 bits per heavy atom. The Morgan fingerprint density at radius 2 is 1.11 bits per heavy atom. The fourth-order valence-electron chi connectivity index (χ4n) is 5.29. The minimum Gasteiger partial charge on any atom is -0.455 e. The van der Waals surface area contributed by atoms with Gasteiger partial charge >= 0.3 is 6.01 Å². The smallest absolute Gasteiger partial charge is 0.316 e. The van der Waals surface area contributed by atoms with Gasteiger partial charge in [0.05, 0.1) is 26.4 Å². The molecule has 7 nitrogen and oxygen atoms in total. The molecule has 0 aliphatic heterocycles. The first kappa shape index (κ1) is 39.1. The molecule has 0 aromatic carbocycles. The third-order valence-corrected chi connectivity index (χ3v) is 8.19. The lowest BCUT2D eigenvalue weighted by Gasteiger charge is -2.18. The van der Waals surface area contributed by atoms with E-state index in [1.807, 2.05) is 0 Å². The van der Waals surface area contributed by atoms with Gasteiger partial charge in [-0.2, -0.15) is 0 Å². The third kappa shape index (κ3) is 21.4. The topological polar surface area (TPSA) is 66.6 Å². The molecule has 256 valence electrons. The summed E-state index contributed by atoms with van der Waals surface area (Å²) in [6, 6.07) is 6.49. The molecule has 2 aromatic heterocycles. The Hall–Kier alpha value is -2.09. The van der Waals surface area contributed by atoms with E-state index in [2.05, 4.69) is 66.8 Å². The van der Waals surface area contributed by atoms with Crippen molar-refractivity contribution in [3.63, 3.8) is 0 Å². The number of aromatic nitrogens is 3. The second-order valence-corrected chi connectivity index (χ2v) is 13.4. The highest BCUT2D eigenvalue weighted by Crippen LogP contribution is 2.20. The zero-order valence-corrected chi connectivity index (χ0v) is 29.4. The van der Waals surface area contributed by atoms with E-state index in [9.17, 15) is 0 Å². The van der Waals surface area contributed by atoms with Gasteiger partial charge in [-0.3, -0.25) is 0 Å². The number of nitrogens with zero attached hydrogens (tertiary/aromatic N) is 3. The van der Waals surface area contributed by atoms with E-state index in [1.165, 1.54) is 102 Å². The molecule has 2 aromatic rings. The quantitative estimate of drug-likeness (QED) is 0.0663. The van der Waals surface area contributed by atoms with Crippen molar-refractivity contribution < 1.29 is 23.5 Å². The van der Waals surface area contributed by atoms with Crippen molar-refractivity contribution >= 4 is 0 Å². The number of ether oxygens (including phenoxy) is 4. The van der Waals surface area contributed by atoms with Crippen LogP contribution in [0.5, 0.6) is 6.01 Å². The molecule has 0 spiro atoms. The van der Waals surface area contributed by atoms with Crippen molar-refractivity contribution in [2.45, 2.75) is 148 Å². The fourth-order valence-corrected chi connectivity index (χ4v) is 5.29. The largest absolute Gasteiger partial charge is 0.455 e. The second-order valence-electron chi connectivity index (χ2n) is 13.4. The monoisotopic (exact) mass is 629 g/mol. The molecule has 2 rings (SSSR count). The fraction of sp³-hybridized carbons (Fsp3) is 0.763. The van der Waals surface area contributed by atoms with Gasteiger partial charge in [0, 0.05) is 31.1 Å². The number of unbranched alkanes of at least 4 members (excludes halogenated alkanes) is 15. The number of hydrogen-bond donors (Lipinski definition) is 0. The maximum atomic E-state index is 5.97. The third-order valence-electron chi connectivity index (χ3n) is 8.19. The van der Waals surface area contributed by atoms with Gasteiger partial charge in [0.1, 0.15) is 12.7 Å². The van der Waals surface area contributed by atoms with Crippen molar-refractivity contribution in [2.24, 2.45) is 0 Å². The van der Waals surface area contributed by atoms with Crippen molar-refractivity contribution in [1.29, 1.82) is 0 Å². The lowest BCUT2D eigenvalue weighted by Crippen LogP contribution is -2.36. The normalized spacial score (nSPS) is 12.4. The minimum atomic E-state index is -0.259. The Balaban J connectivity index is 1.46. The van der Waals surface area contributed by atoms with Crippen molar-refractivity contribution in [1.82, 2.24) is 9.97 Å². The van der Waals surface area contributed by atoms with E-state index in [0.717, 1.165) is 19.6 Å². The van der Waals surface area contributed by atoms with Crippen LogP contribution in [0.25, 0.3) is 0 Å². The molecule has 1 atom stereocenters. The van der Waals surface area contributed by atoms with E-state index in [0.29, 0.717) is 39.0 Å². The zero-order chi connectivity index (χ0) is 32.3. The maximum Gasteiger partial charge on any atom is 0.316 e. The summed E-state index contributed by atoms with van der Waals surface area (Å²) in [5.41, 5.74) is 1.50. The highest BCUT2D eigenvalue weighted by atomic mass is 16.6. The van der Waals surface area contributed by atoms with E-state index in [1.54, 1.807) is 18.5 Å². The molecule has 0 radical (unpaired) electrons. The maximum absolute atomic E-state index is 5.97. The predicted octanol–water partition coefficient (Wildman–Crippen LogP) is 8.82. The lowest BCUT2D eigenvalue weighted by molar-refractivity contribution is -0.698. The standard InChI is InChI=1S/C38H66N3O4/c1-5-6-7-8-9-10-11-12-13-14-15-16-17-18-19-20-29-43-33-36(45-37-39-24-21-25-40-37)34-44-32-31-42-30-28-41-26-22-35(23-27-41)38(2,3)4/h21-27,36H,5-20,28-34H2,1-4H3/q+1. The van der Waals surface area contributed by atoms with Crippen LogP contribution < -0.4 is 9.30 Å². The summed E-state index contributed by atoms with van der Waals surface area (Å²) < 4.78 is 25.7. The van der Waals surface area contributed by atoms with Gasteiger partial charge in [-0.05, 0) is 23.5 Å².